The summed E-state index contributed by atoms with van der Waals surface area (Å²) in [7, 11) is 2.65. The highest BCUT2D eigenvalue weighted by atomic mass is 32.2. The van der Waals surface area contributed by atoms with Crippen molar-refractivity contribution in [1.82, 2.24) is 5.32 Å². The van der Waals surface area contributed by atoms with E-state index in [1.807, 2.05) is 25.2 Å². The highest BCUT2D eigenvalue weighted by molar-refractivity contribution is 7.85. The van der Waals surface area contributed by atoms with Crippen LogP contribution in [0.5, 0.6) is 5.75 Å². The fraction of sp³-hybridized carbons (Fsp3) is 0.500. The van der Waals surface area contributed by atoms with Crippen LogP contribution in [-0.4, -0.2) is 24.1 Å². The Bertz CT molecular complexity index is 406. The van der Waals surface area contributed by atoms with Gasteiger partial charge in [0.1, 0.15) is 5.75 Å². The molecular weight excluding hydrogens is 222 g/mol. The van der Waals surface area contributed by atoms with Crippen molar-refractivity contribution in [1.29, 1.82) is 0 Å². The Kier molecular flexibility index (Phi) is 3.61. The van der Waals surface area contributed by atoms with Gasteiger partial charge in [-0.3, -0.25) is 4.21 Å². The molecule has 0 saturated heterocycles. The summed E-state index contributed by atoms with van der Waals surface area (Å²) in [6, 6.07) is 6.18. The Morgan fingerprint density at radius 3 is 3.00 bits per heavy atom. The molecule has 1 aromatic rings. The summed E-state index contributed by atoms with van der Waals surface area (Å²) in [6.45, 7) is 0. The van der Waals surface area contributed by atoms with Crippen LogP contribution in [0.4, 0.5) is 0 Å². The first-order chi connectivity index (χ1) is 7.77. The number of hydrogen-bond donors (Lipinski definition) is 1. The maximum atomic E-state index is 12.2. The Morgan fingerprint density at radius 2 is 2.31 bits per heavy atom. The van der Waals surface area contributed by atoms with Crippen LogP contribution in [0, 0.1) is 0 Å². The summed E-state index contributed by atoms with van der Waals surface area (Å²) in [6.07, 6.45) is 2.01. The van der Waals surface area contributed by atoms with Crippen molar-refractivity contribution in [3.05, 3.63) is 23.8 Å². The molecule has 2 unspecified atom stereocenters. The van der Waals surface area contributed by atoms with Crippen molar-refractivity contribution in [2.75, 3.05) is 19.9 Å². The molecule has 0 radical (unpaired) electrons. The van der Waals surface area contributed by atoms with E-state index in [1.165, 1.54) is 0 Å². The van der Waals surface area contributed by atoms with Crippen LogP contribution in [0.25, 0.3) is 0 Å². The predicted molar refractivity (Wildman–Crippen MR) is 65.3 cm³/mol. The predicted octanol–water partition coefficient (Wildman–Crippen LogP) is 1.86. The average Bonchev–Trinajstić information content (AvgIpc) is 2.48. The Balaban J connectivity index is 2.56. The van der Waals surface area contributed by atoms with Crippen LogP contribution >= 0.6 is 0 Å². The summed E-state index contributed by atoms with van der Waals surface area (Å²) in [5.74, 6) is 1.48. The lowest BCUT2D eigenvalue weighted by Crippen LogP contribution is -2.16. The summed E-state index contributed by atoms with van der Waals surface area (Å²) in [5.41, 5.74) is 1.12. The van der Waals surface area contributed by atoms with E-state index in [-0.39, 0.29) is 6.04 Å². The van der Waals surface area contributed by atoms with Crippen molar-refractivity contribution in [2.45, 2.75) is 23.8 Å². The number of nitrogens with one attached hydrogen (secondary N) is 1. The monoisotopic (exact) mass is 239 g/mol. The van der Waals surface area contributed by atoms with E-state index in [0.717, 1.165) is 34.8 Å². The molecule has 0 aliphatic carbocycles. The molecule has 16 heavy (non-hydrogen) atoms. The quantitative estimate of drug-likeness (QED) is 0.856. The zero-order valence-electron chi connectivity index (χ0n) is 9.66. The van der Waals surface area contributed by atoms with Gasteiger partial charge in [-0.25, -0.2) is 0 Å². The van der Waals surface area contributed by atoms with Gasteiger partial charge < -0.3 is 10.1 Å². The van der Waals surface area contributed by atoms with E-state index in [9.17, 15) is 4.21 Å². The van der Waals surface area contributed by atoms with Gasteiger partial charge in [0, 0.05) is 11.8 Å². The molecule has 0 aromatic heterocycles. The van der Waals surface area contributed by atoms with Gasteiger partial charge >= 0.3 is 0 Å². The molecule has 4 heteroatoms. The Hall–Kier alpha value is -0.870. The zero-order valence-corrected chi connectivity index (χ0v) is 10.5. The van der Waals surface area contributed by atoms with Crippen molar-refractivity contribution >= 4 is 10.8 Å². The van der Waals surface area contributed by atoms with Crippen LogP contribution in [0.15, 0.2) is 23.1 Å². The molecular formula is C12H17NO2S. The van der Waals surface area contributed by atoms with Gasteiger partial charge in [0.05, 0.1) is 22.8 Å². The molecule has 0 fully saturated rings. The van der Waals surface area contributed by atoms with E-state index in [0.29, 0.717) is 0 Å². The van der Waals surface area contributed by atoms with Gasteiger partial charge in [0.25, 0.3) is 0 Å². The second-order valence-electron chi connectivity index (χ2n) is 3.91. The lowest BCUT2D eigenvalue weighted by molar-refractivity contribution is 0.401. The van der Waals surface area contributed by atoms with E-state index in [2.05, 4.69) is 5.32 Å². The van der Waals surface area contributed by atoms with E-state index < -0.39 is 10.8 Å². The molecule has 1 aromatic carbocycles. The topological polar surface area (TPSA) is 38.3 Å². The van der Waals surface area contributed by atoms with Gasteiger partial charge in [-0.2, -0.15) is 0 Å². The zero-order chi connectivity index (χ0) is 11.5. The molecule has 1 aliphatic rings. The van der Waals surface area contributed by atoms with Gasteiger partial charge in [-0.15, -0.1) is 0 Å². The van der Waals surface area contributed by atoms with Crippen LogP contribution in [-0.2, 0) is 10.8 Å². The minimum atomic E-state index is -0.931. The maximum absolute atomic E-state index is 12.2. The van der Waals surface area contributed by atoms with Crippen molar-refractivity contribution < 1.29 is 8.95 Å². The lowest BCUT2D eigenvalue weighted by Gasteiger charge is -2.17. The molecule has 0 saturated carbocycles. The number of ether oxygens (including phenoxy) is 1. The molecule has 3 nitrogen and oxygen atoms in total. The van der Waals surface area contributed by atoms with Gasteiger partial charge in [-0.1, -0.05) is 12.1 Å². The fourth-order valence-electron chi connectivity index (χ4n) is 2.19. The lowest BCUT2D eigenvalue weighted by atomic mass is 10.0. The third-order valence-electron chi connectivity index (χ3n) is 3.00. The first-order valence-electron chi connectivity index (χ1n) is 5.50. The summed E-state index contributed by atoms with van der Waals surface area (Å²) in [5, 5.41) is 3.28. The average molecular weight is 239 g/mol. The van der Waals surface area contributed by atoms with Gasteiger partial charge in [0.2, 0.25) is 0 Å². The highest BCUT2D eigenvalue weighted by Gasteiger charge is 2.24. The summed E-state index contributed by atoms with van der Waals surface area (Å²) < 4.78 is 17.5. The van der Waals surface area contributed by atoms with Crippen molar-refractivity contribution in [2.24, 2.45) is 0 Å². The SMILES string of the molecule is CNC1CCCS(=O)c2c(OC)cccc21. The Labute approximate surface area is 98.7 Å². The molecule has 0 bridgehead atoms. The van der Waals surface area contributed by atoms with Gasteiger partial charge in [0.15, 0.2) is 0 Å². The normalized spacial score (nSPS) is 24.6. The van der Waals surface area contributed by atoms with Crippen LogP contribution in [0.1, 0.15) is 24.4 Å². The number of fused-ring (bicyclic) bond motifs is 1. The highest BCUT2D eigenvalue weighted by Crippen LogP contribution is 2.34. The fourth-order valence-corrected chi connectivity index (χ4v) is 3.67. The number of hydrogen-bond acceptors (Lipinski definition) is 3. The van der Waals surface area contributed by atoms with E-state index in [4.69, 9.17) is 4.74 Å². The molecule has 2 atom stereocenters. The molecule has 0 spiro atoms. The second kappa shape index (κ2) is 4.97. The molecule has 1 N–H and O–H groups in total. The molecule has 2 rings (SSSR count). The third kappa shape index (κ3) is 1.99. The minimum Gasteiger partial charge on any atom is -0.495 e. The Morgan fingerprint density at radius 1 is 1.50 bits per heavy atom. The molecule has 1 aliphatic heterocycles. The van der Waals surface area contributed by atoms with Crippen LogP contribution in [0.3, 0.4) is 0 Å². The first-order valence-corrected chi connectivity index (χ1v) is 6.82. The standard InChI is InChI=1S/C12H17NO2S/c1-13-10-6-4-8-16(14)12-9(10)5-3-7-11(12)15-2/h3,5,7,10,13H,4,6,8H2,1-2H3. The maximum Gasteiger partial charge on any atom is 0.135 e. The van der Waals surface area contributed by atoms with Gasteiger partial charge in [-0.05, 0) is 31.5 Å². The molecule has 0 amide bonds. The van der Waals surface area contributed by atoms with Crippen molar-refractivity contribution in [3.63, 3.8) is 0 Å². The molecule has 1 heterocycles. The largest absolute Gasteiger partial charge is 0.495 e. The number of rotatable bonds is 2. The van der Waals surface area contributed by atoms with Crippen LogP contribution < -0.4 is 10.1 Å². The van der Waals surface area contributed by atoms with Crippen LogP contribution in [0.2, 0.25) is 0 Å². The van der Waals surface area contributed by atoms with E-state index >= 15 is 0 Å². The van der Waals surface area contributed by atoms with Crippen molar-refractivity contribution in [3.8, 4) is 5.75 Å². The third-order valence-corrected chi connectivity index (χ3v) is 4.56. The number of methoxy groups -OCH3 is 1. The summed E-state index contributed by atoms with van der Waals surface area (Å²) in [4.78, 5) is 0.877. The minimum absolute atomic E-state index is 0.288. The molecule has 88 valence electrons. The smallest absolute Gasteiger partial charge is 0.135 e. The second-order valence-corrected chi connectivity index (χ2v) is 5.42. The summed E-state index contributed by atoms with van der Waals surface area (Å²) >= 11 is 0. The number of benzene rings is 1. The van der Waals surface area contributed by atoms with E-state index in [1.54, 1.807) is 7.11 Å². The first kappa shape index (κ1) is 11.6.